The Hall–Kier alpha value is -4.11. The summed E-state index contributed by atoms with van der Waals surface area (Å²) in [5, 5.41) is 4.32. The van der Waals surface area contributed by atoms with E-state index in [1.165, 1.54) is 24.3 Å². The van der Waals surface area contributed by atoms with Crippen LogP contribution >= 0.6 is 0 Å². The Morgan fingerprint density at radius 1 is 0.897 bits per heavy atom. The summed E-state index contributed by atoms with van der Waals surface area (Å²) in [5.41, 5.74) is 1.70. The third-order valence-electron chi connectivity index (χ3n) is 7.51. The number of carbonyl (C=O) groups excluding carboxylic acids is 2. The largest absolute Gasteiger partial charge is 0.452 e. The quantitative estimate of drug-likeness (QED) is 0.285. The van der Waals surface area contributed by atoms with Gasteiger partial charge in [-0.2, -0.15) is 5.10 Å². The van der Waals surface area contributed by atoms with Crippen LogP contribution in [-0.2, 0) is 27.2 Å². The van der Waals surface area contributed by atoms with Crippen LogP contribution in [0.15, 0.2) is 67.0 Å². The van der Waals surface area contributed by atoms with Crippen molar-refractivity contribution >= 4 is 22.8 Å². The second kappa shape index (κ2) is 10.2. The van der Waals surface area contributed by atoms with Crippen molar-refractivity contribution in [2.45, 2.75) is 25.7 Å². The van der Waals surface area contributed by atoms with E-state index < -0.39 is 11.2 Å². The molecule has 2 aromatic heterocycles. The topological polar surface area (TPSA) is 73.1 Å². The number of ketones is 2. The van der Waals surface area contributed by atoms with Crippen LogP contribution in [0.4, 0.5) is 14.5 Å². The van der Waals surface area contributed by atoms with Crippen LogP contribution in [0.3, 0.4) is 0 Å². The minimum absolute atomic E-state index is 0.0296. The summed E-state index contributed by atoms with van der Waals surface area (Å²) in [5.74, 6) is -0.884. The van der Waals surface area contributed by atoms with Gasteiger partial charge in [-0.15, -0.1) is 0 Å². The number of carbonyl (C=O) groups is 2. The van der Waals surface area contributed by atoms with E-state index >= 15 is 4.39 Å². The predicted octanol–water partition coefficient (Wildman–Crippen LogP) is 4.95. The standard InChI is InChI=1S/C30H27F2N3O4/c31-22-4-1-20(2-5-22)16-28(36)30(8-9-30)29(37)17-21-3-6-26(24(32)15-21)39-27-18-23(34-11-13-38-14-12-34)19-35-25(27)7-10-33-35/h1-7,10,15,18-19H,8-9,11-14,16-17H2. The van der Waals surface area contributed by atoms with Crippen molar-refractivity contribution in [2.24, 2.45) is 5.41 Å². The summed E-state index contributed by atoms with van der Waals surface area (Å²) in [6, 6.07) is 13.8. The number of anilines is 1. The fourth-order valence-corrected chi connectivity index (χ4v) is 5.06. The molecule has 2 aromatic carbocycles. The molecule has 0 N–H and O–H groups in total. The van der Waals surface area contributed by atoms with Gasteiger partial charge in [0.25, 0.3) is 0 Å². The number of morpholine rings is 1. The molecule has 1 aliphatic heterocycles. The van der Waals surface area contributed by atoms with E-state index in [2.05, 4.69) is 10.00 Å². The van der Waals surface area contributed by atoms with Crippen molar-refractivity contribution in [1.29, 1.82) is 0 Å². The van der Waals surface area contributed by atoms with Crippen molar-refractivity contribution in [2.75, 3.05) is 31.2 Å². The molecule has 6 rings (SSSR count). The normalized spacial score (nSPS) is 16.3. The number of rotatable bonds is 9. The molecule has 2 fully saturated rings. The van der Waals surface area contributed by atoms with Gasteiger partial charge in [-0.3, -0.25) is 9.59 Å². The number of ether oxygens (including phenoxy) is 2. The maximum Gasteiger partial charge on any atom is 0.166 e. The molecular formula is C30H27F2N3O4. The number of benzene rings is 2. The lowest BCUT2D eigenvalue weighted by Gasteiger charge is -2.29. The van der Waals surface area contributed by atoms with E-state index in [9.17, 15) is 14.0 Å². The Morgan fingerprint density at radius 3 is 2.28 bits per heavy atom. The highest BCUT2D eigenvalue weighted by Crippen LogP contribution is 2.49. The average Bonchev–Trinajstić information content (AvgIpc) is 3.63. The number of hydrogen-bond acceptors (Lipinski definition) is 6. The molecule has 0 radical (unpaired) electrons. The number of Topliss-reactive ketones (excluding diaryl/α,β-unsaturated/α-hetero) is 2. The van der Waals surface area contributed by atoms with Crippen LogP contribution in [0.1, 0.15) is 24.0 Å². The van der Waals surface area contributed by atoms with Gasteiger partial charge in [0.2, 0.25) is 0 Å². The molecule has 0 spiro atoms. The molecule has 0 bridgehead atoms. The second-order valence-corrected chi connectivity index (χ2v) is 10.1. The number of pyridine rings is 1. The summed E-state index contributed by atoms with van der Waals surface area (Å²) in [4.78, 5) is 28.2. The summed E-state index contributed by atoms with van der Waals surface area (Å²) < 4.78 is 41.5. The zero-order chi connectivity index (χ0) is 27.0. The summed E-state index contributed by atoms with van der Waals surface area (Å²) in [6.45, 7) is 2.72. The molecule has 39 heavy (non-hydrogen) atoms. The minimum atomic E-state index is -1.03. The minimum Gasteiger partial charge on any atom is -0.452 e. The maximum absolute atomic E-state index is 15.2. The molecule has 9 heteroatoms. The number of nitrogens with zero attached hydrogens (tertiary/aromatic N) is 3. The van der Waals surface area contributed by atoms with Crippen LogP contribution in [-0.4, -0.2) is 47.5 Å². The van der Waals surface area contributed by atoms with Gasteiger partial charge < -0.3 is 14.4 Å². The third kappa shape index (κ3) is 5.14. The van der Waals surface area contributed by atoms with E-state index in [-0.39, 0.29) is 36.0 Å². The van der Waals surface area contributed by atoms with Crippen LogP contribution in [0.2, 0.25) is 0 Å². The predicted molar refractivity (Wildman–Crippen MR) is 140 cm³/mol. The van der Waals surface area contributed by atoms with Gasteiger partial charge in [-0.1, -0.05) is 18.2 Å². The lowest BCUT2D eigenvalue weighted by molar-refractivity contribution is -0.133. The van der Waals surface area contributed by atoms with Gasteiger partial charge >= 0.3 is 0 Å². The van der Waals surface area contributed by atoms with Gasteiger partial charge in [0, 0.05) is 32.0 Å². The smallest absolute Gasteiger partial charge is 0.166 e. The van der Waals surface area contributed by atoms with Crippen molar-refractivity contribution in [1.82, 2.24) is 9.61 Å². The monoisotopic (exact) mass is 531 g/mol. The molecule has 200 valence electrons. The Balaban J connectivity index is 1.16. The first-order chi connectivity index (χ1) is 18.9. The maximum atomic E-state index is 15.2. The Labute approximate surface area is 223 Å². The van der Waals surface area contributed by atoms with Gasteiger partial charge in [0.15, 0.2) is 28.9 Å². The summed E-state index contributed by atoms with van der Waals surface area (Å²) >= 11 is 0. The molecule has 7 nitrogen and oxygen atoms in total. The molecule has 2 aliphatic rings. The van der Waals surface area contributed by atoms with E-state index in [0.29, 0.717) is 48.4 Å². The van der Waals surface area contributed by atoms with E-state index in [4.69, 9.17) is 9.47 Å². The molecule has 0 amide bonds. The van der Waals surface area contributed by atoms with Crippen LogP contribution in [0, 0.1) is 17.0 Å². The Kier molecular flexibility index (Phi) is 6.60. The van der Waals surface area contributed by atoms with Crippen LogP contribution in [0.25, 0.3) is 5.52 Å². The van der Waals surface area contributed by atoms with Crippen molar-refractivity contribution in [3.8, 4) is 11.5 Å². The first-order valence-electron chi connectivity index (χ1n) is 13.0. The fourth-order valence-electron chi connectivity index (χ4n) is 5.06. The van der Waals surface area contributed by atoms with Crippen molar-refractivity contribution in [3.63, 3.8) is 0 Å². The lowest BCUT2D eigenvalue weighted by atomic mass is 9.88. The first-order valence-corrected chi connectivity index (χ1v) is 13.0. The Morgan fingerprint density at radius 2 is 1.59 bits per heavy atom. The third-order valence-corrected chi connectivity index (χ3v) is 7.51. The number of fused-ring (bicyclic) bond motifs is 1. The van der Waals surface area contributed by atoms with Crippen molar-refractivity contribution < 1.29 is 27.8 Å². The molecule has 1 aliphatic carbocycles. The van der Waals surface area contributed by atoms with E-state index in [1.54, 1.807) is 35.0 Å². The zero-order valence-corrected chi connectivity index (χ0v) is 21.2. The van der Waals surface area contributed by atoms with Gasteiger partial charge in [-0.05, 0) is 54.3 Å². The molecule has 1 saturated carbocycles. The molecule has 0 atom stereocenters. The fraction of sp³-hybridized carbons (Fsp3) is 0.300. The first kappa shape index (κ1) is 25.2. The summed E-state index contributed by atoms with van der Waals surface area (Å²) in [6.07, 6.45) is 4.54. The average molecular weight is 532 g/mol. The zero-order valence-electron chi connectivity index (χ0n) is 21.2. The SMILES string of the molecule is O=C(Cc1ccc(F)cc1)C1(C(=O)Cc2ccc(Oc3cc(N4CCOCC4)cn4nccc34)c(F)c2)CC1. The van der Waals surface area contributed by atoms with E-state index in [1.807, 2.05) is 12.3 Å². The molecule has 1 saturated heterocycles. The number of halogens is 2. The van der Waals surface area contributed by atoms with Crippen LogP contribution < -0.4 is 9.64 Å². The number of hydrogen-bond donors (Lipinski definition) is 0. The van der Waals surface area contributed by atoms with Gasteiger partial charge in [0.05, 0.1) is 36.7 Å². The van der Waals surface area contributed by atoms with Crippen molar-refractivity contribution in [3.05, 3.63) is 89.8 Å². The molecule has 4 aromatic rings. The highest BCUT2D eigenvalue weighted by molar-refractivity contribution is 6.10. The van der Waals surface area contributed by atoms with Gasteiger partial charge in [0.1, 0.15) is 11.3 Å². The molecule has 0 unspecified atom stereocenters. The highest BCUT2D eigenvalue weighted by Gasteiger charge is 2.54. The Bertz CT molecular complexity index is 1540. The van der Waals surface area contributed by atoms with E-state index in [0.717, 1.165) is 18.8 Å². The lowest BCUT2D eigenvalue weighted by Crippen LogP contribution is -2.36. The highest BCUT2D eigenvalue weighted by atomic mass is 19.1. The molecular weight excluding hydrogens is 504 g/mol. The van der Waals surface area contributed by atoms with Crippen LogP contribution in [0.5, 0.6) is 11.5 Å². The summed E-state index contributed by atoms with van der Waals surface area (Å²) in [7, 11) is 0. The number of aromatic nitrogens is 2. The molecule has 3 heterocycles. The van der Waals surface area contributed by atoms with Gasteiger partial charge in [-0.25, -0.2) is 13.3 Å². The second-order valence-electron chi connectivity index (χ2n) is 10.1.